The highest BCUT2D eigenvalue weighted by Crippen LogP contribution is 2.28. The van der Waals surface area contributed by atoms with Crippen LogP contribution in [0, 0.1) is 0 Å². The van der Waals surface area contributed by atoms with Crippen molar-refractivity contribution in [3.05, 3.63) is 23.3 Å². The Balaban J connectivity index is 3.24. The first-order valence-corrected chi connectivity index (χ1v) is 6.80. The minimum absolute atomic E-state index is 0.00348. The average Bonchev–Trinajstić information content (AvgIpc) is 2.42. The zero-order valence-corrected chi connectivity index (χ0v) is 13.5. The van der Waals surface area contributed by atoms with E-state index in [1.54, 1.807) is 13.8 Å². The van der Waals surface area contributed by atoms with Gasteiger partial charge in [0.1, 0.15) is 11.5 Å². The third kappa shape index (κ3) is 4.82. The van der Waals surface area contributed by atoms with Gasteiger partial charge in [-0.15, -0.1) is 0 Å². The van der Waals surface area contributed by atoms with Gasteiger partial charge in [0.05, 0.1) is 11.4 Å². The summed E-state index contributed by atoms with van der Waals surface area (Å²) in [6, 6.07) is 2.70. The number of phenols is 2. The van der Waals surface area contributed by atoms with Crippen molar-refractivity contribution in [3.63, 3.8) is 0 Å². The number of nitrogens with zero attached hydrogens (tertiary/aromatic N) is 2. The standard InChI is InChI=1S/C12H16N6O2S2/c1-5(15-17-11(13)21)7-3-8(10(20)4-9(7)19)6(2)16-18-12(14)22/h3-4,19-20H,1-2H3,(H3,13,17,21)(H3,14,18,22)/b15-5+,16-6+. The van der Waals surface area contributed by atoms with Crippen molar-refractivity contribution in [2.75, 3.05) is 0 Å². The van der Waals surface area contributed by atoms with Crippen LogP contribution in [0.3, 0.4) is 0 Å². The average molecular weight is 340 g/mol. The molecule has 0 fully saturated rings. The quantitative estimate of drug-likeness (QED) is 0.260. The maximum absolute atomic E-state index is 9.92. The fourth-order valence-corrected chi connectivity index (χ4v) is 1.65. The van der Waals surface area contributed by atoms with Crippen LogP contribution < -0.4 is 22.3 Å². The lowest BCUT2D eigenvalue weighted by Crippen LogP contribution is -2.25. The molecule has 0 aliphatic rings. The molecule has 0 atom stereocenters. The van der Waals surface area contributed by atoms with Crippen LogP contribution in [0.25, 0.3) is 0 Å². The van der Waals surface area contributed by atoms with Gasteiger partial charge in [-0.3, -0.25) is 10.9 Å². The molecule has 1 aromatic rings. The van der Waals surface area contributed by atoms with E-state index in [2.05, 4.69) is 45.5 Å². The fraction of sp³-hybridized carbons (Fsp3) is 0.167. The molecule has 0 radical (unpaired) electrons. The van der Waals surface area contributed by atoms with Gasteiger partial charge in [-0.2, -0.15) is 10.2 Å². The number of phenolic OH excluding ortho intramolecular Hbond substituents is 2. The van der Waals surface area contributed by atoms with E-state index in [1.165, 1.54) is 12.1 Å². The third-order valence-electron chi connectivity index (χ3n) is 2.56. The van der Waals surface area contributed by atoms with E-state index >= 15 is 0 Å². The van der Waals surface area contributed by atoms with Gasteiger partial charge >= 0.3 is 0 Å². The van der Waals surface area contributed by atoms with E-state index in [4.69, 9.17) is 11.5 Å². The van der Waals surface area contributed by atoms with E-state index < -0.39 is 0 Å². The highest BCUT2D eigenvalue weighted by atomic mass is 32.1. The van der Waals surface area contributed by atoms with Crippen molar-refractivity contribution in [2.24, 2.45) is 21.7 Å². The SMILES string of the molecule is C/C(=N\NC(N)=S)c1cc(/C(C)=N/NC(N)=S)c(O)cc1O. The maximum Gasteiger partial charge on any atom is 0.184 e. The molecule has 8 nitrogen and oxygen atoms in total. The number of rotatable bonds is 4. The summed E-state index contributed by atoms with van der Waals surface area (Å²) in [5.41, 5.74) is 17.0. The summed E-state index contributed by atoms with van der Waals surface area (Å²) in [5.74, 6) is -0.301. The molecule has 0 saturated carbocycles. The van der Waals surface area contributed by atoms with Crippen LogP contribution in [-0.4, -0.2) is 31.9 Å². The summed E-state index contributed by atoms with van der Waals surface area (Å²) >= 11 is 9.30. The van der Waals surface area contributed by atoms with Gasteiger partial charge in [-0.1, -0.05) is 0 Å². The van der Waals surface area contributed by atoms with Gasteiger partial charge in [0.15, 0.2) is 10.2 Å². The fourth-order valence-electron chi connectivity index (χ4n) is 1.56. The summed E-state index contributed by atoms with van der Waals surface area (Å²) in [6.07, 6.45) is 0. The van der Waals surface area contributed by atoms with Gasteiger partial charge < -0.3 is 21.7 Å². The van der Waals surface area contributed by atoms with Crippen LogP contribution in [0.5, 0.6) is 11.5 Å². The highest BCUT2D eigenvalue weighted by molar-refractivity contribution is 7.80. The second-order valence-electron chi connectivity index (χ2n) is 4.23. The molecule has 0 bridgehead atoms. The number of benzene rings is 1. The van der Waals surface area contributed by atoms with E-state index in [-0.39, 0.29) is 21.7 Å². The Morgan fingerprint density at radius 1 is 0.909 bits per heavy atom. The Morgan fingerprint density at radius 2 is 1.27 bits per heavy atom. The highest BCUT2D eigenvalue weighted by Gasteiger charge is 2.13. The number of aromatic hydroxyl groups is 2. The zero-order valence-electron chi connectivity index (χ0n) is 11.9. The molecular weight excluding hydrogens is 324 g/mol. The molecule has 0 spiro atoms. The monoisotopic (exact) mass is 340 g/mol. The molecule has 0 unspecified atom stereocenters. The van der Waals surface area contributed by atoms with Crippen LogP contribution in [-0.2, 0) is 0 Å². The first-order chi connectivity index (χ1) is 10.2. The molecule has 118 valence electrons. The summed E-state index contributed by atoms with van der Waals surface area (Å²) in [6.45, 7) is 3.28. The van der Waals surface area contributed by atoms with Crippen molar-refractivity contribution in [1.82, 2.24) is 10.9 Å². The van der Waals surface area contributed by atoms with Crippen molar-refractivity contribution in [2.45, 2.75) is 13.8 Å². The largest absolute Gasteiger partial charge is 0.507 e. The number of thiocarbonyl (C=S) groups is 2. The number of hydrogen-bond acceptors (Lipinski definition) is 6. The van der Waals surface area contributed by atoms with Crippen LogP contribution in [0.1, 0.15) is 25.0 Å². The first-order valence-electron chi connectivity index (χ1n) is 5.98. The zero-order chi connectivity index (χ0) is 16.9. The molecule has 0 amide bonds. The number of nitrogens with one attached hydrogen (secondary N) is 2. The van der Waals surface area contributed by atoms with Crippen LogP contribution in [0.4, 0.5) is 0 Å². The topological polar surface area (TPSA) is 141 Å². The van der Waals surface area contributed by atoms with Gasteiger partial charge in [-0.05, 0) is 44.3 Å². The Morgan fingerprint density at radius 3 is 1.59 bits per heavy atom. The molecular formula is C12H16N6O2S2. The van der Waals surface area contributed by atoms with Gasteiger partial charge in [0.25, 0.3) is 0 Å². The second-order valence-corrected chi connectivity index (χ2v) is 5.11. The van der Waals surface area contributed by atoms with Crippen LogP contribution in [0.2, 0.25) is 0 Å². The van der Waals surface area contributed by atoms with Crippen molar-refractivity contribution >= 4 is 46.1 Å². The Hall–Kier alpha value is -2.46. The molecule has 0 heterocycles. The molecule has 1 rings (SSSR count). The Kier molecular flexibility index (Phi) is 6.01. The lowest BCUT2D eigenvalue weighted by atomic mass is 10.0. The van der Waals surface area contributed by atoms with Gasteiger partial charge in [0.2, 0.25) is 0 Å². The van der Waals surface area contributed by atoms with Crippen molar-refractivity contribution < 1.29 is 10.2 Å². The van der Waals surface area contributed by atoms with E-state index in [1.807, 2.05) is 0 Å². The molecule has 0 aliphatic carbocycles. The molecule has 0 saturated heterocycles. The Labute approximate surface area is 137 Å². The summed E-state index contributed by atoms with van der Waals surface area (Å²) < 4.78 is 0. The number of hydrazone groups is 2. The summed E-state index contributed by atoms with van der Waals surface area (Å²) in [7, 11) is 0. The summed E-state index contributed by atoms with van der Waals surface area (Å²) in [5, 5.41) is 27.7. The number of hydrogen-bond donors (Lipinski definition) is 6. The van der Waals surface area contributed by atoms with E-state index in [0.29, 0.717) is 22.6 Å². The minimum Gasteiger partial charge on any atom is -0.507 e. The first kappa shape index (κ1) is 17.6. The van der Waals surface area contributed by atoms with Gasteiger partial charge in [-0.25, -0.2) is 0 Å². The van der Waals surface area contributed by atoms with Crippen molar-refractivity contribution in [3.8, 4) is 11.5 Å². The molecule has 10 heteroatoms. The molecule has 8 N–H and O–H groups in total. The molecule has 0 aromatic heterocycles. The molecule has 22 heavy (non-hydrogen) atoms. The second kappa shape index (κ2) is 7.52. The lowest BCUT2D eigenvalue weighted by molar-refractivity contribution is 0.449. The molecule has 1 aromatic carbocycles. The normalized spacial score (nSPS) is 11.9. The predicted molar refractivity (Wildman–Crippen MR) is 94.0 cm³/mol. The minimum atomic E-state index is -0.151. The number of nitrogens with two attached hydrogens (primary N) is 2. The van der Waals surface area contributed by atoms with Crippen LogP contribution >= 0.6 is 24.4 Å². The predicted octanol–water partition coefficient (Wildman–Crippen LogP) is 0.212. The van der Waals surface area contributed by atoms with E-state index in [9.17, 15) is 10.2 Å². The third-order valence-corrected chi connectivity index (χ3v) is 2.74. The van der Waals surface area contributed by atoms with E-state index in [0.717, 1.165) is 0 Å². The maximum atomic E-state index is 9.92. The summed E-state index contributed by atoms with van der Waals surface area (Å²) in [4.78, 5) is 0. The Bertz CT molecular complexity index is 619. The van der Waals surface area contributed by atoms with Crippen molar-refractivity contribution in [1.29, 1.82) is 0 Å². The van der Waals surface area contributed by atoms with Gasteiger partial charge in [0, 0.05) is 17.2 Å². The lowest BCUT2D eigenvalue weighted by Gasteiger charge is -2.10. The molecule has 0 aliphatic heterocycles. The van der Waals surface area contributed by atoms with Crippen LogP contribution in [0.15, 0.2) is 22.3 Å². The smallest absolute Gasteiger partial charge is 0.184 e.